The van der Waals surface area contributed by atoms with Gasteiger partial charge in [-0.25, -0.2) is 0 Å². The molecule has 1 N–H and O–H groups in total. The van der Waals surface area contributed by atoms with Crippen LogP contribution in [0.4, 0.5) is 11.4 Å². The predicted octanol–water partition coefficient (Wildman–Crippen LogP) is 5.91. The summed E-state index contributed by atoms with van der Waals surface area (Å²) >= 11 is 1.36. The third-order valence-electron chi connectivity index (χ3n) is 8.19. The second-order valence-corrected chi connectivity index (χ2v) is 11.1. The number of thiophene rings is 1. The first-order valence-corrected chi connectivity index (χ1v) is 13.5. The van der Waals surface area contributed by atoms with Crippen molar-refractivity contribution in [3.8, 4) is 0 Å². The average Bonchev–Trinajstić information content (AvgIpc) is 3.65. The minimum atomic E-state index is -1.28. The van der Waals surface area contributed by atoms with Crippen LogP contribution in [0.2, 0.25) is 0 Å². The van der Waals surface area contributed by atoms with Gasteiger partial charge in [0.2, 0.25) is 5.91 Å². The number of para-hydroxylation sites is 2. The molecule has 0 unspecified atom stereocenters. The highest BCUT2D eigenvalue weighted by atomic mass is 32.1. The standard InChI is InChI=1S/C32H24N2O3S/c1-19-12-14-21(15-13-19)29(35)27-28(30(36)25-11-6-18-38-25)34-24-10-5-2-7-20(24)16-17-26(34)32(27)22-8-3-4-9-23(22)33-31(32)37/h2-18,26-28H,1H3,(H,33,37)/t26-,27-,28+,32+/m1/s1. The number of nitrogens with zero attached hydrogens (tertiary/aromatic N) is 1. The van der Waals surface area contributed by atoms with Crippen LogP contribution in [0.25, 0.3) is 6.08 Å². The summed E-state index contributed by atoms with van der Waals surface area (Å²) in [6.07, 6.45) is 4.01. The number of fused-ring (bicyclic) bond motifs is 6. The van der Waals surface area contributed by atoms with Crippen LogP contribution in [0, 0.1) is 12.8 Å². The maximum atomic E-state index is 14.6. The van der Waals surface area contributed by atoms with E-state index >= 15 is 0 Å². The Morgan fingerprint density at radius 1 is 0.895 bits per heavy atom. The van der Waals surface area contributed by atoms with E-state index in [0.717, 1.165) is 22.4 Å². The second kappa shape index (κ2) is 8.36. The largest absolute Gasteiger partial charge is 0.352 e. The summed E-state index contributed by atoms with van der Waals surface area (Å²) in [5, 5.41) is 4.94. The number of Topliss-reactive ketones (excluding diaryl/α,β-unsaturated/α-hetero) is 2. The van der Waals surface area contributed by atoms with Crippen LogP contribution in [0.3, 0.4) is 0 Å². The van der Waals surface area contributed by atoms with Crippen molar-refractivity contribution in [3.63, 3.8) is 0 Å². The molecule has 6 heteroatoms. The number of benzene rings is 3. The molecule has 4 atom stereocenters. The van der Waals surface area contributed by atoms with Crippen LogP contribution in [0.15, 0.2) is 96.4 Å². The number of ketones is 2. The summed E-state index contributed by atoms with van der Waals surface area (Å²) in [6.45, 7) is 1.97. The second-order valence-electron chi connectivity index (χ2n) is 10.1. The average molecular weight is 517 g/mol. The molecule has 4 heterocycles. The van der Waals surface area contributed by atoms with Gasteiger partial charge in [-0.05, 0) is 41.6 Å². The molecule has 4 aromatic rings. The summed E-state index contributed by atoms with van der Waals surface area (Å²) < 4.78 is 0. The van der Waals surface area contributed by atoms with Crippen LogP contribution < -0.4 is 10.2 Å². The number of hydrogen-bond donors (Lipinski definition) is 1. The molecule has 1 aromatic heterocycles. The SMILES string of the molecule is Cc1ccc(C(=O)[C@H]2[C@@H](C(=O)c3cccs3)N3c4ccccc4C=C[C@@H]3[C@]23C(=O)Nc2ccccc23)cc1. The van der Waals surface area contributed by atoms with Crippen LogP contribution in [-0.2, 0) is 10.2 Å². The quantitative estimate of drug-likeness (QED) is 0.343. The van der Waals surface area contributed by atoms with Crippen molar-refractivity contribution in [3.05, 3.63) is 124 Å². The number of amides is 1. The van der Waals surface area contributed by atoms with E-state index in [1.54, 1.807) is 18.2 Å². The molecular weight excluding hydrogens is 492 g/mol. The Hall–Kier alpha value is -4.29. The maximum absolute atomic E-state index is 14.6. The number of hydrogen-bond acceptors (Lipinski definition) is 5. The Balaban J connectivity index is 1.54. The van der Waals surface area contributed by atoms with Crippen molar-refractivity contribution >= 4 is 46.3 Å². The summed E-state index contributed by atoms with van der Waals surface area (Å²) in [4.78, 5) is 45.9. The minimum absolute atomic E-state index is 0.144. The smallest absolute Gasteiger partial charge is 0.238 e. The molecule has 38 heavy (non-hydrogen) atoms. The molecule has 0 aliphatic carbocycles. The van der Waals surface area contributed by atoms with Crippen LogP contribution in [0.5, 0.6) is 0 Å². The van der Waals surface area contributed by atoms with Gasteiger partial charge in [0.15, 0.2) is 11.6 Å². The zero-order valence-corrected chi connectivity index (χ0v) is 21.4. The van der Waals surface area contributed by atoms with Gasteiger partial charge in [-0.1, -0.05) is 84.4 Å². The van der Waals surface area contributed by atoms with Gasteiger partial charge in [0.25, 0.3) is 0 Å². The third kappa shape index (κ3) is 3.01. The van der Waals surface area contributed by atoms with E-state index in [0.29, 0.717) is 16.1 Å². The number of carbonyl (C=O) groups excluding carboxylic acids is 3. The van der Waals surface area contributed by atoms with Gasteiger partial charge in [-0.3, -0.25) is 14.4 Å². The zero-order chi connectivity index (χ0) is 26.0. The van der Waals surface area contributed by atoms with Crippen LogP contribution in [0.1, 0.15) is 36.7 Å². The zero-order valence-electron chi connectivity index (χ0n) is 20.6. The van der Waals surface area contributed by atoms with E-state index in [1.165, 1.54) is 11.3 Å². The van der Waals surface area contributed by atoms with Gasteiger partial charge < -0.3 is 10.2 Å². The van der Waals surface area contributed by atoms with Gasteiger partial charge >= 0.3 is 0 Å². The predicted molar refractivity (Wildman–Crippen MR) is 150 cm³/mol. The number of aryl methyl sites for hydroxylation is 1. The molecule has 3 aliphatic rings. The molecule has 0 bridgehead atoms. The molecule has 7 rings (SSSR count). The molecule has 1 saturated heterocycles. The summed E-state index contributed by atoms with van der Waals surface area (Å²) in [5.41, 5.74) is 3.51. The number of rotatable bonds is 4. The van der Waals surface area contributed by atoms with Gasteiger partial charge in [0, 0.05) is 16.9 Å². The van der Waals surface area contributed by atoms with Crippen molar-refractivity contribution in [2.45, 2.75) is 24.4 Å². The number of nitrogens with one attached hydrogen (secondary N) is 1. The Kier molecular flexibility index (Phi) is 5.03. The van der Waals surface area contributed by atoms with E-state index in [4.69, 9.17) is 0 Å². The van der Waals surface area contributed by atoms with Crippen LogP contribution in [-0.4, -0.2) is 29.6 Å². The van der Waals surface area contributed by atoms with Crippen molar-refractivity contribution in [1.82, 2.24) is 0 Å². The lowest BCUT2D eigenvalue weighted by molar-refractivity contribution is -0.121. The van der Waals surface area contributed by atoms with E-state index in [-0.39, 0.29) is 17.5 Å². The monoisotopic (exact) mass is 516 g/mol. The first kappa shape index (κ1) is 22.9. The Bertz CT molecular complexity index is 1640. The fourth-order valence-corrected chi connectivity index (χ4v) is 7.28. The van der Waals surface area contributed by atoms with Gasteiger partial charge in [-0.15, -0.1) is 11.3 Å². The molecule has 186 valence electrons. The highest BCUT2D eigenvalue weighted by molar-refractivity contribution is 7.12. The molecule has 1 amide bonds. The lowest BCUT2D eigenvalue weighted by Crippen LogP contribution is -2.51. The molecule has 0 saturated carbocycles. The summed E-state index contributed by atoms with van der Waals surface area (Å²) in [7, 11) is 0. The molecule has 1 fully saturated rings. The van der Waals surface area contributed by atoms with E-state index in [2.05, 4.69) is 5.32 Å². The first-order chi connectivity index (χ1) is 18.5. The van der Waals surface area contributed by atoms with Crippen molar-refractivity contribution in [2.75, 3.05) is 10.2 Å². The topological polar surface area (TPSA) is 66.5 Å². The van der Waals surface area contributed by atoms with Crippen LogP contribution >= 0.6 is 11.3 Å². The molecule has 1 spiro atoms. The third-order valence-corrected chi connectivity index (χ3v) is 9.08. The molecular formula is C32H24N2O3S. The Labute approximate surface area is 224 Å². The van der Waals surface area contributed by atoms with Crippen molar-refractivity contribution < 1.29 is 14.4 Å². The van der Waals surface area contributed by atoms with Crippen molar-refractivity contribution in [1.29, 1.82) is 0 Å². The first-order valence-electron chi connectivity index (χ1n) is 12.7. The minimum Gasteiger partial charge on any atom is -0.352 e. The summed E-state index contributed by atoms with van der Waals surface area (Å²) in [6, 6.07) is 25.1. The highest BCUT2D eigenvalue weighted by Crippen LogP contribution is 2.58. The van der Waals surface area contributed by atoms with Crippen molar-refractivity contribution in [2.24, 2.45) is 5.92 Å². The maximum Gasteiger partial charge on any atom is 0.238 e. The lowest BCUT2D eigenvalue weighted by Gasteiger charge is -2.37. The highest BCUT2D eigenvalue weighted by Gasteiger charge is 2.70. The number of anilines is 2. The normalized spacial score (nSPS) is 24.6. The number of carbonyl (C=O) groups is 3. The fraction of sp³-hybridized carbons (Fsp3) is 0.156. The van der Waals surface area contributed by atoms with Gasteiger partial charge in [0.1, 0.15) is 11.5 Å². The Morgan fingerprint density at radius 2 is 1.66 bits per heavy atom. The molecule has 3 aromatic carbocycles. The van der Waals surface area contributed by atoms with E-state index in [9.17, 15) is 14.4 Å². The molecule has 3 aliphatic heterocycles. The molecule has 5 nitrogen and oxygen atoms in total. The summed E-state index contributed by atoms with van der Waals surface area (Å²) in [5.74, 6) is -1.53. The molecule has 0 radical (unpaired) electrons. The van der Waals surface area contributed by atoms with Gasteiger partial charge in [-0.2, -0.15) is 0 Å². The van der Waals surface area contributed by atoms with Gasteiger partial charge in [0.05, 0.1) is 16.8 Å². The Morgan fingerprint density at radius 3 is 2.45 bits per heavy atom. The fourth-order valence-electron chi connectivity index (χ4n) is 6.58. The lowest BCUT2D eigenvalue weighted by atomic mass is 9.64. The van der Waals surface area contributed by atoms with E-state index < -0.39 is 23.4 Å². The van der Waals surface area contributed by atoms with E-state index in [1.807, 2.05) is 96.1 Å².